The Labute approximate surface area is 164 Å². The summed E-state index contributed by atoms with van der Waals surface area (Å²) in [6, 6.07) is 5.86. The van der Waals surface area contributed by atoms with Crippen LogP contribution in [0.4, 0.5) is 9.39 Å². The van der Waals surface area contributed by atoms with Crippen LogP contribution >= 0.6 is 22.7 Å². The normalized spacial score (nSPS) is 10.8. The van der Waals surface area contributed by atoms with Crippen molar-refractivity contribution in [3.8, 4) is 11.1 Å². The number of hydrogen-bond donors (Lipinski definition) is 2. The lowest BCUT2D eigenvalue weighted by molar-refractivity contribution is 0.100. The van der Waals surface area contributed by atoms with Gasteiger partial charge in [-0.15, -0.1) is 22.7 Å². The van der Waals surface area contributed by atoms with Crippen molar-refractivity contribution >= 4 is 39.5 Å². The Bertz CT molecular complexity index is 1020. The predicted molar refractivity (Wildman–Crippen MR) is 109 cm³/mol. The number of halogens is 1. The van der Waals surface area contributed by atoms with Crippen LogP contribution in [0.15, 0.2) is 29.6 Å². The standard InChI is InChI=1S/C20H19FN2O2S2/c1-4-14-10(2)26-9-15(14)19(25)23-20-17(18(22)24)16(11(3)27-20)12-5-7-13(21)8-6-12/h5-9H,4H2,1-3H3,(H2,22,24)(H,23,25). The summed E-state index contributed by atoms with van der Waals surface area (Å²) in [4.78, 5) is 26.9. The highest BCUT2D eigenvalue weighted by atomic mass is 32.1. The van der Waals surface area contributed by atoms with E-state index < -0.39 is 5.91 Å². The molecule has 27 heavy (non-hydrogen) atoms. The fourth-order valence-electron chi connectivity index (χ4n) is 3.11. The maximum atomic E-state index is 13.3. The second-order valence-electron chi connectivity index (χ2n) is 6.10. The molecule has 7 heteroatoms. The zero-order valence-corrected chi connectivity index (χ0v) is 16.8. The van der Waals surface area contributed by atoms with Gasteiger partial charge in [0, 0.05) is 20.7 Å². The number of carbonyl (C=O) groups excluding carboxylic acids is 2. The summed E-state index contributed by atoms with van der Waals surface area (Å²) in [6.45, 7) is 5.83. The van der Waals surface area contributed by atoms with Crippen LogP contribution in [0.1, 0.15) is 43.0 Å². The number of nitrogens with one attached hydrogen (secondary N) is 1. The van der Waals surface area contributed by atoms with Gasteiger partial charge in [0.15, 0.2) is 0 Å². The first-order valence-corrected chi connectivity index (χ1v) is 10.1. The van der Waals surface area contributed by atoms with Crippen LogP contribution in [-0.2, 0) is 6.42 Å². The Morgan fingerprint density at radius 1 is 1.15 bits per heavy atom. The molecule has 0 saturated heterocycles. The number of benzene rings is 1. The minimum Gasteiger partial charge on any atom is -0.365 e. The highest BCUT2D eigenvalue weighted by Crippen LogP contribution is 2.40. The van der Waals surface area contributed by atoms with Crippen LogP contribution in [0.25, 0.3) is 11.1 Å². The van der Waals surface area contributed by atoms with E-state index in [0.717, 1.165) is 21.7 Å². The SMILES string of the molecule is CCc1c(C(=O)Nc2sc(C)c(-c3ccc(F)cc3)c2C(N)=O)csc1C. The summed E-state index contributed by atoms with van der Waals surface area (Å²) in [5, 5.41) is 5.09. The van der Waals surface area contributed by atoms with E-state index in [4.69, 9.17) is 5.73 Å². The zero-order chi connectivity index (χ0) is 19.7. The summed E-state index contributed by atoms with van der Waals surface area (Å²) in [7, 11) is 0. The molecule has 0 aliphatic heterocycles. The Hall–Kier alpha value is -2.51. The van der Waals surface area contributed by atoms with Crippen molar-refractivity contribution in [2.24, 2.45) is 5.73 Å². The van der Waals surface area contributed by atoms with Crippen molar-refractivity contribution in [3.63, 3.8) is 0 Å². The van der Waals surface area contributed by atoms with Gasteiger partial charge in [-0.1, -0.05) is 19.1 Å². The van der Waals surface area contributed by atoms with Gasteiger partial charge in [-0.25, -0.2) is 4.39 Å². The highest BCUT2D eigenvalue weighted by molar-refractivity contribution is 7.17. The molecule has 0 unspecified atom stereocenters. The van der Waals surface area contributed by atoms with Gasteiger partial charge in [-0.05, 0) is 43.5 Å². The molecule has 2 aromatic heterocycles. The van der Waals surface area contributed by atoms with Crippen LogP contribution in [0.3, 0.4) is 0 Å². The number of aryl methyl sites for hydroxylation is 2. The van der Waals surface area contributed by atoms with E-state index in [-0.39, 0.29) is 17.3 Å². The van der Waals surface area contributed by atoms with Crippen LogP contribution < -0.4 is 11.1 Å². The molecule has 0 aliphatic rings. The molecule has 0 atom stereocenters. The Morgan fingerprint density at radius 3 is 2.41 bits per heavy atom. The number of rotatable bonds is 5. The number of hydrogen-bond acceptors (Lipinski definition) is 4. The Morgan fingerprint density at radius 2 is 1.81 bits per heavy atom. The minimum atomic E-state index is -0.633. The van der Waals surface area contributed by atoms with E-state index in [0.29, 0.717) is 21.7 Å². The maximum Gasteiger partial charge on any atom is 0.257 e. The summed E-state index contributed by atoms with van der Waals surface area (Å²) < 4.78 is 13.3. The number of amides is 2. The van der Waals surface area contributed by atoms with Crippen molar-refractivity contribution in [2.75, 3.05) is 5.32 Å². The molecular formula is C20H19FN2O2S2. The third kappa shape index (κ3) is 3.65. The molecule has 140 valence electrons. The molecule has 0 spiro atoms. The van der Waals surface area contributed by atoms with Gasteiger partial charge in [-0.2, -0.15) is 0 Å². The molecule has 0 fully saturated rings. The van der Waals surface area contributed by atoms with Crippen LogP contribution in [0.2, 0.25) is 0 Å². The first-order valence-electron chi connectivity index (χ1n) is 8.40. The van der Waals surface area contributed by atoms with Crippen molar-refractivity contribution in [3.05, 3.63) is 61.9 Å². The van der Waals surface area contributed by atoms with Crippen molar-refractivity contribution < 1.29 is 14.0 Å². The summed E-state index contributed by atoms with van der Waals surface area (Å²) >= 11 is 2.82. The molecule has 2 amide bonds. The number of anilines is 1. The summed E-state index contributed by atoms with van der Waals surface area (Å²) in [6.07, 6.45) is 0.755. The molecule has 1 aromatic carbocycles. The first-order chi connectivity index (χ1) is 12.8. The third-order valence-corrected chi connectivity index (χ3v) is 6.37. The van der Waals surface area contributed by atoms with E-state index in [1.165, 1.54) is 34.8 Å². The molecule has 0 bridgehead atoms. The van der Waals surface area contributed by atoms with Gasteiger partial charge in [0.1, 0.15) is 10.8 Å². The maximum absolute atomic E-state index is 13.3. The lowest BCUT2D eigenvalue weighted by atomic mass is 10.0. The molecule has 0 radical (unpaired) electrons. The van der Waals surface area contributed by atoms with Gasteiger partial charge in [0.05, 0.1) is 11.1 Å². The lowest BCUT2D eigenvalue weighted by Crippen LogP contribution is -2.17. The van der Waals surface area contributed by atoms with E-state index >= 15 is 0 Å². The van der Waals surface area contributed by atoms with Gasteiger partial charge in [0.25, 0.3) is 11.8 Å². The Kier molecular flexibility index (Phi) is 5.43. The zero-order valence-electron chi connectivity index (χ0n) is 15.2. The summed E-state index contributed by atoms with van der Waals surface area (Å²) in [5.74, 6) is -1.25. The third-order valence-electron chi connectivity index (χ3n) is 4.39. The molecule has 2 heterocycles. The van der Waals surface area contributed by atoms with Crippen LogP contribution in [0, 0.1) is 19.7 Å². The van der Waals surface area contributed by atoms with Crippen molar-refractivity contribution in [1.82, 2.24) is 0 Å². The molecule has 0 aliphatic carbocycles. The molecular weight excluding hydrogens is 383 g/mol. The highest BCUT2D eigenvalue weighted by Gasteiger charge is 2.24. The van der Waals surface area contributed by atoms with E-state index in [9.17, 15) is 14.0 Å². The summed E-state index contributed by atoms with van der Waals surface area (Å²) in [5.41, 5.74) is 8.79. The van der Waals surface area contributed by atoms with Gasteiger partial charge >= 0.3 is 0 Å². The fraction of sp³-hybridized carbons (Fsp3) is 0.200. The molecule has 0 saturated carbocycles. The quantitative estimate of drug-likeness (QED) is 0.620. The fourth-order valence-corrected chi connectivity index (χ4v) is 5.13. The number of thiophene rings is 2. The van der Waals surface area contributed by atoms with Gasteiger partial charge < -0.3 is 11.1 Å². The topological polar surface area (TPSA) is 72.2 Å². The number of primary amides is 1. The van der Waals surface area contributed by atoms with Gasteiger partial charge in [0.2, 0.25) is 0 Å². The second-order valence-corrected chi connectivity index (χ2v) is 8.41. The molecule has 3 rings (SSSR count). The van der Waals surface area contributed by atoms with Gasteiger partial charge in [-0.3, -0.25) is 9.59 Å². The largest absolute Gasteiger partial charge is 0.365 e. The average molecular weight is 403 g/mol. The lowest BCUT2D eigenvalue weighted by Gasteiger charge is -2.08. The van der Waals surface area contributed by atoms with E-state index in [2.05, 4.69) is 5.32 Å². The molecule has 3 aromatic rings. The van der Waals surface area contributed by atoms with Crippen LogP contribution in [0.5, 0.6) is 0 Å². The van der Waals surface area contributed by atoms with Crippen molar-refractivity contribution in [2.45, 2.75) is 27.2 Å². The van der Waals surface area contributed by atoms with Crippen molar-refractivity contribution in [1.29, 1.82) is 0 Å². The van der Waals surface area contributed by atoms with E-state index in [1.54, 1.807) is 12.1 Å². The second kappa shape index (κ2) is 7.62. The molecule has 4 nitrogen and oxygen atoms in total. The number of carbonyl (C=O) groups is 2. The smallest absolute Gasteiger partial charge is 0.257 e. The first kappa shape index (κ1) is 19.3. The predicted octanol–water partition coefficient (Wildman–Crippen LogP) is 5.15. The minimum absolute atomic E-state index is 0.252. The monoisotopic (exact) mass is 402 g/mol. The average Bonchev–Trinajstić information content (AvgIpc) is 3.15. The van der Waals surface area contributed by atoms with E-state index in [1.807, 2.05) is 26.2 Å². The molecule has 3 N–H and O–H groups in total. The van der Waals surface area contributed by atoms with Crippen LogP contribution in [-0.4, -0.2) is 11.8 Å². The number of nitrogens with two attached hydrogens (primary N) is 1. The Balaban J connectivity index is 2.03.